The number of fused-ring (bicyclic) bond motifs is 2. The molecule has 2 bridgehead atoms. The molecule has 0 aromatic carbocycles. The highest BCUT2D eigenvalue weighted by molar-refractivity contribution is 5.00. The Morgan fingerprint density at radius 3 is 2.93 bits per heavy atom. The molecule has 0 aliphatic carbocycles. The molecule has 15 heavy (non-hydrogen) atoms. The van der Waals surface area contributed by atoms with Crippen molar-refractivity contribution >= 4 is 0 Å². The van der Waals surface area contributed by atoms with Gasteiger partial charge >= 0.3 is 0 Å². The topological polar surface area (TPSA) is 21.3 Å². The molecule has 2 saturated heterocycles. The molecule has 1 N–H and O–H groups in total. The van der Waals surface area contributed by atoms with Crippen molar-refractivity contribution in [1.29, 1.82) is 0 Å². The van der Waals surface area contributed by atoms with Gasteiger partial charge in [0.1, 0.15) is 0 Å². The maximum absolute atomic E-state index is 5.88. The summed E-state index contributed by atoms with van der Waals surface area (Å²) >= 11 is 0. The van der Waals surface area contributed by atoms with Crippen molar-refractivity contribution in [2.24, 2.45) is 5.92 Å². The summed E-state index contributed by atoms with van der Waals surface area (Å²) in [5.74, 6) is 3.45. The molecule has 0 aromatic heterocycles. The van der Waals surface area contributed by atoms with Crippen LogP contribution in [0.2, 0.25) is 0 Å². The van der Waals surface area contributed by atoms with Gasteiger partial charge < -0.3 is 10.1 Å². The molecule has 2 aliphatic rings. The van der Waals surface area contributed by atoms with Crippen LogP contribution in [0.4, 0.5) is 0 Å². The average Bonchev–Trinajstić information content (AvgIpc) is 2.85. The first-order valence-corrected chi connectivity index (χ1v) is 6.17. The summed E-state index contributed by atoms with van der Waals surface area (Å²) in [6.45, 7) is 3.26. The Bertz CT molecular complexity index is 245. The molecule has 2 aliphatic heterocycles. The summed E-state index contributed by atoms with van der Waals surface area (Å²) < 4.78 is 5.88. The van der Waals surface area contributed by atoms with Gasteiger partial charge in [0.2, 0.25) is 0 Å². The van der Waals surface area contributed by atoms with E-state index >= 15 is 0 Å². The second kappa shape index (κ2) is 5.01. The summed E-state index contributed by atoms with van der Waals surface area (Å²) in [6.07, 6.45) is 12.2. The minimum atomic E-state index is 0.477. The Hall–Kier alpha value is -0.520. The van der Waals surface area contributed by atoms with Gasteiger partial charge in [-0.25, -0.2) is 0 Å². The first-order chi connectivity index (χ1) is 7.35. The van der Waals surface area contributed by atoms with E-state index in [1.807, 2.05) is 0 Å². The second-order valence-corrected chi connectivity index (χ2v) is 4.74. The zero-order valence-corrected chi connectivity index (χ0v) is 9.54. The van der Waals surface area contributed by atoms with Crippen molar-refractivity contribution in [3.8, 4) is 12.3 Å². The van der Waals surface area contributed by atoms with Crippen LogP contribution in [-0.2, 0) is 4.74 Å². The zero-order valence-electron chi connectivity index (χ0n) is 9.54. The Morgan fingerprint density at radius 2 is 2.40 bits per heavy atom. The molecule has 0 aromatic rings. The van der Waals surface area contributed by atoms with Gasteiger partial charge in [0.05, 0.1) is 12.2 Å². The standard InChI is InChI=1S/C13H21NO/c1-3-5-12(14-8-4-2)11-9-10-6-7-13(11)15-10/h1,10-14H,4-9H2,2H3. The normalized spacial score (nSPS) is 35.3. The lowest BCUT2D eigenvalue weighted by molar-refractivity contribution is 0.0861. The van der Waals surface area contributed by atoms with Gasteiger partial charge in [0.15, 0.2) is 0 Å². The van der Waals surface area contributed by atoms with Gasteiger partial charge in [-0.3, -0.25) is 0 Å². The van der Waals surface area contributed by atoms with E-state index in [1.165, 1.54) is 25.7 Å². The maximum atomic E-state index is 5.88. The van der Waals surface area contributed by atoms with E-state index in [1.54, 1.807) is 0 Å². The van der Waals surface area contributed by atoms with Crippen molar-refractivity contribution in [1.82, 2.24) is 5.32 Å². The summed E-state index contributed by atoms with van der Waals surface area (Å²) in [5.41, 5.74) is 0. The fourth-order valence-electron chi connectivity index (χ4n) is 2.93. The van der Waals surface area contributed by atoms with Gasteiger partial charge in [-0.15, -0.1) is 12.3 Å². The van der Waals surface area contributed by atoms with E-state index in [0.717, 1.165) is 13.0 Å². The highest BCUT2D eigenvalue weighted by Gasteiger charge is 2.43. The Kier molecular flexibility index (Phi) is 3.66. The first-order valence-electron chi connectivity index (χ1n) is 6.17. The summed E-state index contributed by atoms with van der Waals surface area (Å²) in [4.78, 5) is 0. The lowest BCUT2D eigenvalue weighted by atomic mass is 9.82. The molecule has 84 valence electrons. The SMILES string of the molecule is C#CCC(NCCC)C1CC2CCC1O2. The van der Waals surface area contributed by atoms with E-state index in [0.29, 0.717) is 24.2 Å². The molecule has 2 heterocycles. The van der Waals surface area contributed by atoms with Crippen LogP contribution in [0.1, 0.15) is 39.0 Å². The predicted molar refractivity (Wildman–Crippen MR) is 61.5 cm³/mol. The molecule has 0 spiro atoms. The molecule has 2 rings (SSSR count). The van der Waals surface area contributed by atoms with Gasteiger partial charge in [0.25, 0.3) is 0 Å². The Morgan fingerprint density at radius 1 is 1.53 bits per heavy atom. The van der Waals surface area contributed by atoms with Crippen LogP contribution in [0.5, 0.6) is 0 Å². The number of terminal acetylenes is 1. The first kappa shape index (κ1) is 11.0. The minimum Gasteiger partial charge on any atom is -0.375 e. The number of hydrogen-bond donors (Lipinski definition) is 1. The molecule has 0 saturated carbocycles. The van der Waals surface area contributed by atoms with Gasteiger partial charge in [-0.2, -0.15) is 0 Å². The van der Waals surface area contributed by atoms with Gasteiger partial charge in [0, 0.05) is 18.4 Å². The monoisotopic (exact) mass is 207 g/mol. The largest absolute Gasteiger partial charge is 0.375 e. The van der Waals surface area contributed by atoms with Crippen molar-refractivity contribution in [2.45, 2.75) is 57.3 Å². The maximum Gasteiger partial charge on any atom is 0.0624 e. The van der Waals surface area contributed by atoms with Crippen LogP contribution in [0.15, 0.2) is 0 Å². The average molecular weight is 207 g/mol. The van der Waals surface area contributed by atoms with Gasteiger partial charge in [-0.1, -0.05) is 6.92 Å². The molecule has 2 nitrogen and oxygen atoms in total. The smallest absolute Gasteiger partial charge is 0.0624 e. The van der Waals surface area contributed by atoms with Crippen LogP contribution in [-0.4, -0.2) is 24.8 Å². The number of hydrogen-bond acceptors (Lipinski definition) is 2. The summed E-state index contributed by atoms with van der Waals surface area (Å²) in [6, 6.07) is 0.477. The third-order valence-corrected chi connectivity index (χ3v) is 3.66. The number of ether oxygens (including phenoxy) is 1. The minimum absolute atomic E-state index is 0.477. The van der Waals surface area contributed by atoms with E-state index in [-0.39, 0.29) is 0 Å². The van der Waals surface area contributed by atoms with Crippen LogP contribution >= 0.6 is 0 Å². The third kappa shape index (κ3) is 2.35. The highest BCUT2D eigenvalue weighted by Crippen LogP contribution is 2.40. The quantitative estimate of drug-likeness (QED) is 0.696. The van der Waals surface area contributed by atoms with Crippen molar-refractivity contribution < 1.29 is 4.74 Å². The molecule has 4 atom stereocenters. The van der Waals surface area contributed by atoms with E-state index in [9.17, 15) is 0 Å². The Balaban J connectivity index is 1.90. The predicted octanol–water partition coefficient (Wildman–Crippen LogP) is 1.95. The highest BCUT2D eigenvalue weighted by atomic mass is 16.5. The molecule has 2 fully saturated rings. The van der Waals surface area contributed by atoms with Crippen molar-refractivity contribution in [3.05, 3.63) is 0 Å². The number of nitrogens with one attached hydrogen (secondary N) is 1. The van der Waals surface area contributed by atoms with Crippen LogP contribution in [0.25, 0.3) is 0 Å². The van der Waals surface area contributed by atoms with Crippen molar-refractivity contribution in [2.75, 3.05) is 6.54 Å². The van der Waals surface area contributed by atoms with Crippen LogP contribution in [0.3, 0.4) is 0 Å². The second-order valence-electron chi connectivity index (χ2n) is 4.74. The number of rotatable bonds is 5. The lowest BCUT2D eigenvalue weighted by Gasteiger charge is -2.28. The molecular formula is C13H21NO. The third-order valence-electron chi connectivity index (χ3n) is 3.66. The fourth-order valence-corrected chi connectivity index (χ4v) is 2.93. The molecule has 0 amide bonds. The zero-order chi connectivity index (χ0) is 10.7. The Labute approximate surface area is 92.8 Å². The van der Waals surface area contributed by atoms with Crippen molar-refractivity contribution in [3.63, 3.8) is 0 Å². The van der Waals surface area contributed by atoms with E-state index in [2.05, 4.69) is 18.2 Å². The summed E-state index contributed by atoms with van der Waals surface area (Å²) in [7, 11) is 0. The van der Waals surface area contributed by atoms with E-state index in [4.69, 9.17) is 11.2 Å². The molecular weight excluding hydrogens is 186 g/mol. The van der Waals surface area contributed by atoms with E-state index < -0.39 is 0 Å². The van der Waals surface area contributed by atoms with Crippen LogP contribution < -0.4 is 5.32 Å². The summed E-state index contributed by atoms with van der Waals surface area (Å²) in [5, 5.41) is 3.57. The molecule has 0 radical (unpaired) electrons. The van der Waals surface area contributed by atoms with Crippen LogP contribution in [0, 0.1) is 18.3 Å². The van der Waals surface area contributed by atoms with Gasteiger partial charge in [-0.05, 0) is 32.2 Å². The molecule has 2 heteroatoms. The fraction of sp³-hybridized carbons (Fsp3) is 0.846. The molecule has 4 unspecified atom stereocenters. The lowest BCUT2D eigenvalue weighted by Crippen LogP contribution is -2.40.